The van der Waals surface area contributed by atoms with Gasteiger partial charge >= 0.3 is 12.1 Å². The van der Waals surface area contributed by atoms with Gasteiger partial charge in [0.2, 0.25) is 5.91 Å². The van der Waals surface area contributed by atoms with E-state index in [2.05, 4.69) is 5.32 Å². The van der Waals surface area contributed by atoms with Gasteiger partial charge in [0, 0.05) is 11.4 Å². The molecule has 0 aliphatic heterocycles. The number of carboxylic acids is 1. The zero-order chi connectivity index (χ0) is 23.3. The van der Waals surface area contributed by atoms with E-state index < -0.39 is 23.6 Å². The zero-order valence-corrected chi connectivity index (χ0v) is 17.1. The predicted molar refractivity (Wildman–Crippen MR) is 112 cm³/mol. The number of aromatic nitrogens is 1. The number of hydrogen-bond acceptors (Lipinski definition) is 3. The molecule has 1 aromatic heterocycles. The van der Waals surface area contributed by atoms with Crippen LogP contribution in [0.5, 0.6) is 5.75 Å². The lowest BCUT2D eigenvalue weighted by Gasteiger charge is -2.16. The van der Waals surface area contributed by atoms with Gasteiger partial charge in [-0.15, -0.1) is 0 Å². The molecule has 0 aliphatic rings. The molecule has 1 heterocycles. The first-order chi connectivity index (χ1) is 15.2. The molecule has 0 atom stereocenters. The van der Waals surface area contributed by atoms with Gasteiger partial charge in [0.1, 0.15) is 12.3 Å². The van der Waals surface area contributed by atoms with Crippen molar-refractivity contribution in [1.29, 1.82) is 0 Å². The Morgan fingerprint density at radius 1 is 1.03 bits per heavy atom. The summed E-state index contributed by atoms with van der Waals surface area (Å²) in [5.74, 6) is -1.02. The quantitative estimate of drug-likeness (QED) is 0.519. The highest BCUT2D eigenvalue weighted by Gasteiger charge is 2.33. The van der Waals surface area contributed by atoms with Crippen LogP contribution in [0.2, 0.25) is 0 Å². The van der Waals surface area contributed by atoms with Crippen LogP contribution in [0.3, 0.4) is 0 Å². The molecule has 168 valence electrons. The standard InChI is InChI=1S/C23H21F3N2O4/c1-32-17-10-6-15(7-11-17)20-12-8-16(9-13-22(30)31)28(20)14-21(29)27-19-5-3-2-4-18(19)23(24,25)26/h2-8,10-12H,9,13-14H2,1H3,(H,27,29)(H,30,31). The Kier molecular flexibility index (Phi) is 6.87. The highest BCUT2D eigenvalue weighted by Crippen LogP contribution is 2.34. The summed E-state index contributed by atoms with van der Waals surface area (Å²) in [5.41, 5.74) is 0.679. The van der Waals surface area contributed by atoms with Gasteiger partial charge in [0.15, 0.2) is 0 Å². The van der Waals surface area contributed by atoms with E-state index >= 15 is 0 Å². The van der Waals surface area contributed by atoms with Crippen molar-refractivity contribution in [3.63, 3.8) is 0 Å². The molecule has 2 N–H and O–H groups in total. The number of carbonyl (C=O) groups is 2. The van der Waals surface area contributed by atoms with Crippen LogP contribution in [-0.2, 0) is 28.7 Å². The predicted octanol–water partition coefficient (Wildman–Crippen LogP) is 4.84. The van der Waals surface area contributed by atoms with Crippen LogP contribution in [0, 0.1) is 0 Å². The molecule has 0 radical (unpaired) electrons. The number of nitrogens with zero attached hydrogens (tertiary/aromatic N) is 1. The van der Waals surface area contributed by atoms with Gasteiger partial charge in [0.25, 0.3) is 0 Å². The summed E-state index contributed by atoms with van der Waals surface area (Å²) in [4.78, 5) is 23.7. The van der Waals surface area contributed by atoms with Crippen molar-refractivity contribution in [3.05, 3.63) is 71.9 Å². The van der Waals surface area contributed by atoms with Crippen molar-refractivity contribution in [2.24, 2.45) is 0 Å². The normalized spacial score (nSPS) is 11.2. The number of methoxy groups -OCH3 is 1. The molecule has 3 aromatic rings. The molecule has 3 rings (SSSR count). The highest BCUT2D eigenvalue weighted by molar-refractivity contribution is 5.92. The number of nitrogens with one attached hydrogen (secondary N) is 1. The van der Waals surface area contributed by atoms with Crippen molar-refractivity contribution in [3.8, 4) is 17.0 Å². The largest absolute Gasteiger partial charge is 0.497 e. The number of amides is 1. The fraction of sp³-hybridized carbons (Fsp3) is 0.217. The molecule has 6 nitrogen and oxygen atoms in total. The molecule has 0 saturated heterocycles. The number of rotatable bonds is 8. The number of ether oxygens (including phenoxy) is 1. The van der Waals surface area contributed by atoms with Crippen molar-refractivity contribution in [2.75, 3.05) is 12.4 Å². The second-order valence-electron chi connectivity index (χ2n) is 7.01. The first kappa shape index (κ1) is 22.9. The first-order valence-corrected chi connectivity index (χ1v) is 9.69. The average Bonchev–Trinajstić information content (AvgIpc) is 3.14. The average molecular weight is 446 g/mol. The fourth-order valence-electron chi connectivity index (χ4n) is 3.34. The number of alkyl halides is 3. The summed E-state index contributed by atoms with van der Waals surface area (Å²) in [6.07, 6.45) is -4.60. The van der Waals surface area contributed by atoms with Gasteiger partial charge in [-0.1, -0.05) is 12.1 Å². The van der Waals surface area contributed by atoms with Crippen LogP contribution < -0.4 is 10.1 Å². The van der Waals surface area contributed by atoms with Crippen LogP contribution in [-0.4, -0.2) is 28.7 Å². The number of anilines is 1. The Morgan fingerprint density at radius 2 is 1.72 bits per heavy atom. The van der Waals surface area contributed by atoms with Crippen molar-refractivity contribution < 1.29 is 32.6 Å². The Morgan fingerprint density at radius 3 is 2.34 bits per heavy atom. The fourth-order valence-corrected chi connectivity index (χ4v) is 3.34. The Bertz CT molecular complexity index is 1110. The molecule has 0 aliphatic carbocycles. The van der Waals surface area contributed by atoms with Gasteiger partial charge < -0.3 is 19.7 Å². The maximum Gasteiger partial charge on any atom is 0.418 e. The lowest BCUT2D eigenvalue weighted by atomic mass is 10.1. The lowest BCUT2D eigenvalue weighted by molar-refractivity contribution is -0.137. The third kappa shape index (κ3) is 5.48. The van der Waals surface area contributed by atoms with Crippen LogP contribution in [0.15, 0.2) is 60.7 Å². The van der Waals surface area contributed by atoms with Gasteiger partial charge in [-0.2, -0.15) is 13.2 Å². The minimum atomic E-state index is -4.61. The zero-order valence-electron chi connectivity index (χ0n) is 17.1. The highest BCUT2D eigenvalue weighted by atomic mass is 19.4. The monoisotopic (exact) mass is 446 g/mol. The number of para-hydroxylation sites is 1. The van der Waals surface area contributed by atoms with Crippen molar-refractivity contribution in [2.45, 2.75) is 25.6 Å². The molecule has 0 fully saturated rings. The molecule has 0 unspecified atom stereocenters. The Labute approximate surface area is 182 Å². The van der Waals surface area contributed by atoms with Crippen molar-refractivity contribution >= 4 is 17.6 Å². The summed E-state index contributed by atoms with van der Waals surface area (Å²) < 4.78 is 46.5. The number of aryl methyl sites for hydroxylation is 1. The smallest absolute Gasteiger partial charge is 0.418 e. The SMILES string of the molecule is COc1ccc(-c2ccc(CCC(=O)O)n2CC(=O)Nc2ccccc2C(F)(F)F)cc1. The maximum atomic E-state index is 13.2. The molecule has 0 bridgehead atoms. The maximum absolute atomic E-state index is 13.2. The Hall–Kier alpha value is -3.75. The molecule has 0 saturated carbocycles. The van der Waals surface area contributed by atoms with Crippen LogP contribution in [0.1, 0.15) is 17.7 Å². The number of carboxylic acid groups (broad SMARTS) is 1. The van der Waals surface area contributed by atoms with Crippen LogP contribution >= 0.6 is 0 Å². The van der Waals surface area contributed by atoms with E-state index in [-0.39, 0.29) is 25.1 Å². The molecule has 2 aromatic carbocycles. The molecule has 1 amide bonds. The molecule has 0 spiro atoms. The summed E-state index contributed by atoms with van der Waals surface area (Å²) in [5, 5.41) is 11.4. The van der Waals surface area contributed by atoms with E-state index in [4.69, 9.17) is 9.84 Å². The van der Waals surface area contributed by atoms with Gasteiger partial charge in [-0.25, -0.2) is 0 Å². The van der Waals surface area contributed by atoms with Gasteiger partial charge in [-0.05, 0) is 60.5 Å². The van der Waals surface area contributed by atoms with E-state index in [0.29, 0.717) is 17.1 Å². The summed E-state index contributed by atoms with van der Waals surface area (Å²) >= 11 is 0. The number of halogens is 3. The second-order valence-corrected chi connectivity index (χ2v) is 7.01. The Balaban J connectivity index is 1.90. The van der Waals surface area contributed by atoms with Crippen molar-refractivity contribution in [1.82, 2.24) is 4.57 Å². The second kappa shape index (κ2) is 9.59. The molecular weight excluding hydrogens is 425 g/mol. The van der Waals surface area contributed by atoms with Crippen LogP contribution in [0.4, 0.5) is 18.9 Å². The summed E-state index contributed by atoms with van der Waals surface area (Å²) in [7, 11) is 1.53. The van der Waals surface area contributed by atoms with Crippen LogP contribution in [0.25, 0.3) is 11.3 Å². The molecule has 9 heteroatoms. The third-order valence-corrected chi connectivity index (χ3v) is 4.86. The topological polar surface area (TPSA) is 80.6 Å². The molecule has 32 heavy (non-hydrogen) atoms. The third-order valence-electron chi connectivity index (χ3n) is 4.86. The first-order valence-electron chi connectivity index (χ1n) is 9.69. The summed E-state index contributed by atoms with van der Waals surface area (Å²) in [6, 6.07) is 15.2. The number of aliphatic carboxylic acids is 1. The number of carbonyl (C=O) groups excluding carboxylic acids is 1. The molecular formula is C23H21F3N2O4. The lowest BCUT2D eigenvalue weighted by Crippen LogP contribution is -2.22. The summed E-state index contributed by atoms with van der Waals surface area (Å²) in [6.45, 7) is -0.282. The minimum absolute atomic E-state index is 0.148. The van der Waals surface area contributed by atoms with E-state index in [9.17, 15) is 22.8 Å². The van der Waals surface area contributed by atoms with E-state index in [1.54, 1.807) is 41.0 Å². The van der Waals surface area contributed by atoms with E-state index in [0.717, 1.165) is 11.6 Å². The van der Waals surface area contributed by atoms with E-state index in [1.165, 1.54) is 25.3 Å². The minimum Gasteiger partial charge on any atom is -0.497 e. The van der Waals surface area contributed by atoms with E-state index in [1.807, 2.05) is 0 Å². The van der Waals surface area contributed by atoms with Gasteiger partial charge in [0.05, 0.1) is 24.8 Å². The number of benzene rings is 2. The number of hydrogen-bond donors (Lipinski definition) is 2. The van der Waals surface area contributed by atoms with Gasteiger partial charge in [-0.3, -0.25) is 9.59 Å².